The first-order valence-electron chi connectivity index (χ1n) is 6.56. The van der Waals surface area contributed by atoms with Gasteiger partial charge < -0.3 is 5.73 Å². The summed E-state index contributed by atoms with van der Waals surface area (Å²) < 4.78 is 1.99. The number of rotatable bonds is 5. The Kier molecular flexibility index (Phi) is 4.15. The second kappa shape index (κ2) is 6.02. The Bertz CT molecular complexity index is 504. The number of thiophene rings is 1. The molecule has 7 heteroatoms. The molecule has 1 fully saturated rings. The number of aromatic nitrogens is 4. The van der Waals surface area contributed by atoms with Gasteiger partial charge in [0.15, 0.2) is 0 Å². The third-order valence-electron chi connectivity index (χ3n) is 3.46. The van der Waals surface area contributed by atoms with Crippen molar-refractivity contribution in [2.24, 2.45) is 5.73 Å². The summed E-state index contributed by atoms with van der Waals surface area (Å²) in [5.41, 5.74) is 5.89. The topological polar surface area (TPSA) is 69.6 Å². The molecule has 1 atom stereocenters. The number of nitrogens with zero attached hydrogens (tertiary/aromatic N) is 4. The molecule has 0 amide bonds. The quantitative estimate of drug-likeness (QED) is 0.859. The van der Waals surface area contributed by atoms with Gasteiger partial charge in [0, 0.05) is 11.4 Å². The maximum atomic E-state index is 5.89. The van der Waals surface area contributed by atoms with Crippen molar-refractivity contribution in [1.82, 2.24) is 20.2 Å². The fourth-order valence-electron chi connectivity index (χ4n) is 2.47. The van der Waals surface area contributed by atoms with Crippen LogP contribution >= 0.6 is 23.1 Å². The fraction of sp³-hybridized carbons (Fsp3) is 0.583. The van der Waals surface area contributed by atoms with Gasteiger partial charge in [0.2, 0.25) is 5.16 Å². The summed E-state index contributed by atoms with van der Waals surface area (Å²) in [6, 6.07) is 4.65. The Labute approximate surface area is 120 Å². The van der Waals surface area contributed by atoms with Crippen LogP contribution in [0.3, 0.4) is 0 Å². The molecule has 0 aliphatic heterocycles. The number of hydrogen-bond donors (Lipinski definition) is 1. The molecule has 0 radical (unpaired) electrons. The fourth-order valence-corrected chi connectivity index (χ4v) is 4.42. The lowest BCUT2D eigenvalue weighted by Gasteiger charge is -2.14. The Morgan fingerprint density at radius 1 is 1.47 bits per heavy atom. The van der Waals surface area contributed by atoms with Gasteiger partial charge in [0.05, 0.1) is 11.3 Å². The molecule has 2 aromatic rings. The lowest BCUT2D eigenvalue weighted by atomic mass is 10.3. The molecule has 5 nitrogen and oxygen atoms in total. The molecule has 2 N–H and O–H groups in total. The zero-order chi connectivity index (χ0) is 13.1. The van der Waals surface area contributed by atoms with E-state index in [1.807, 2.05) is 4.68 Å². The highest BCUT2D eigenvalue weighted by Gasteiger charge is 2.24. The van der Waals surface area contributed by atoms with Crippen LogP contribution in [0.1, 0.15) is 41.9 Å². The number of nitrogens with two attached hydrogens (primary N) is 1. The second-order valence-corrected chi connectivity index (χ2v) is 6.85. The Balaban J connectivity index is 1.77. The van der Waals surface area contributed by atoms with E-state index < -0.39 is 0 Å². The maximum Gasteiger partial charge on any atom is 0.210 e. The van der Waals surface area contributed by atoms with Crippen molar-refractivity contribution in [2.75, 3.05) is 6.54 Å². The minimum absolute atomic E-state index is 0.242. The van der Waals surface area contributed by atoms with Crippen LogP contribution in [0.4, 0.5) is 0 Å². The molecule has 19 heavy (non-hydrogen) atoms. The molecule has 1 unspecified atom stereocenters. The van der Waals surface area contributed by atoms with Gasteiger partial charge in [0.25, 0.3) is 0 Å². The van der Waals surface area contributed by atoms with Crippen LogP contribution in [0.25, 0.3) is 0 Å². The van der Waals surface area contributed by atoms with Crippen LogP contribution in [0.5, 0.6) is 0 Å². The summed E-state index contributed by atoms with van der Waals surface area (Å²) in [6.07, 6.45) is 4.93. The van der Waals surface area contributed by atoms with E-state index in [0.717, 1.165) is 5.16 Å². The summed E-state index contributed by atoms with van der Waals surface area (Å²) in [7, 11) is 0. The highest BCUT2D eigenvalue weighted by Crippen LogP contribution is 2.38. The minimum Gasteiger partial charge on any atom is -0.329 e. The van der Waals surface area contributed by atoms with Gasteiger partial charge in [-0.25, -0.2) is 4.68 Å². The largest absolute Gasteiger partial charge is 0.329 e. The zero-order valence-electron chi connectivity index (χ0n) is 10.6. The molecular formula is C12H17N5S2. The molecule has 0 spiro atoms. The maximum absolute atomic E-state index is 5.89. The molecule has 2 aromatic heterocycles. The van der Waals surface area contributed by atoms with Crippen LogP contribution in [0.15, 0.2) is 22.7 Å². The number of thioether (sulfide) groups is 1. The van der Waals surface area contributed by atoms with E-state index in [-0.39, 0.29) is 5.25 Å². The van der Waals surface area contributed by atoms with Gasteiger partial charge in [-0.15, -0.1) is 16.4 Å². The molecule has 1 aliphatic carbocycles. The van der Waals surface area contributed by atoms with E-state index in [4.69, 9.17) is 5.73 Å². The van der Waals surface area contributed by atoms with Crippen LogP contribution in [-0.2, 0) is 0 Å². The summed E-state index contributed by atoms with van der Waals surface area (Å²) in [4.78, 5) is 1.29. The van der Waals surface area contributed by atoms with E-state index in [9.17, 15) is 0 Å². The van der Waals surface area contributed by atoms with E-state index in [0.29, 0.717) is 12.6 Å². The minimum atomic E-state index is 0.242. The highest BCUT2D eigenvalue weighted by atomic mass is 32.2. The first-order chi connectivity index (χ1) is 9.38. The van der Waals surface area contributed by atoms with Crippen LogP contribution < -0.4 is 5.73 Å². The molecule has 102 valence electrons. The predicted octanol–water partition coefficient (Wildman–Crippen LogP) is 2.64. The van der Waals surface area contributed by atoms with Crippen LogP contribution in [0.2, 0.25) is 0 Å². The summed E-state index contributed by atoms with van der Waals surface area (Å²) in [5.74, 6) is 0. The smallest absolute Gasteiger partial charge is 0.210 e. The normalized spacial score (nSPS) is 17.9. The summed E-state index contributed by atoms with van der Waals surface area (Å²) in [5, 5.41) is 15.4. The predicted molar refractivity (Wildman–Crippen MR) is 77.3 cm³/mol. The lowest BCUT2D eigenvalue weighted by molar-refractivity contribution is 0.422. The van der Waals surface area contributed by atoms with Crippen molar-refractivity contribution in [3.63, 3.8) is 0 Å². The molecule has 2 heterocycles. The van der Waals surface area contributed by atoms with Crippen LogP contribution in [-0.4, -0.2) is 26.8 Å². The molecular weight excluding hydrogens is 278 g/mol. The molecule has 3 rings (SSSR count). The van der Waals surface area contributed by atoms with Gasteiger partial charge >= 0.3 is 0 Å². The molecule has 1 aliphatic rings. The molecule has 0 aromatic carbocycles. The zero-order valence-corrected chi connectivity index (χ0v) is 12.2. The third-order valence-corrected chi connectivity index (χ3v) is 5.80. The average molecular weight is 295 g/mol. The van der Waals surface area contributed by atoms with Gasteiger partial charge in [-0.1, -0.05) is 30.7 Å². The SMILES string of the molecule is NCC(Sc1nnnn1C1CCCC1)c1cccs1. The van der Waals surface area contributed by atoms with Gasteiger partial charge in [-0.05, 0) is 34.7 Å². The van der Waals surface area contributed by atoms with E-state index in [1.165, 1.54) is 30.6 Å². The number of tetrazole rings is 1. The summed E-state index contributed by atoms with van der Waals surface area (Å²) in [6.45, 7) is 0.600. The van der Waals surface area contributed by atoms with E-state index >= 15 is 0 Å². The summed E-state index contributed by atoms with van der Waals surface area (Å²) >= 11 is 3.42. The average Bonchev–Trinajstić information content (AvgIpc) is 3.15. The van der Waals surface area contributed by atoms with Gasteiger partial charge in [0.1, 0.15) is 0 Å². The molecule has 1 saturated carbocycles. The second-order valence-electron chi connectivity index (χ2n) is 4.70. The van der Waals surface area contributed by atoms with Crippen molar-refractivity contribution in [1.29, 1.82) is 0 Å². The van der Waals surface area contributed by atoms with Crippen molar-refractivity contribution in [2.45, 2.75) is 42.1 Å². The van der Waals surface area contributed by atoms with E-state index in [1.54, 1.807) is 23.1 Å². The van der Waals surface area contributed by atoms with E-state index in [2.05, 4.69) is 33.0 Å². The first-order valence-corrected chi connectivity index (χ1v) is 8.32. The Morgan fingerprint density at radius 2 is 2.32 bits per heavy atom. The number of hydrogen-bond acceptors (Lipinski definition) is 6. The standard InChI is InChI=1S/C12H17N5S2/c13-8-11(10-6-3-7-18-10)19-12-14-15-16-17(12)9-4-1-2-5-9/h3,6-7,9,11H,1-2,4-5,8,13H2. The van der Waals surface area contributed by atoms with Crippen molar-refractivity contribution < 1.29 is 0 Å². The highest BCUT2D eigenvalue weighted by molar-refractivity contribution is 7.99. The van der Waals surface area contributed by atoms with Crippen LogP contribution in [0, 0.1) is 0 Å². The van der Waals surface area contributed by atoms with Gasteiger partial charge in [-0.3, -0.25) is 0 Å². The molecule has 0 bridgehead atoms. The lowest BCUT2D eigenvalue weighted by Crippen LogP contribution is -2.12. The van der Waals surface area contributed by atoms with Crippen molar-refractivity contribution in [3.8, 4) is 0 Å². The van der Waals surface area contributed by atoms with Crippen molar-refractivity contribution in [3.05, 3.63) is 22.4 Å². The van der Waals surface area contributed by atoms with Crippen molar-refractivity contribution >= 4 is 23.1 Å². The first kappa shape index (κ1) is 13.1. The molecule has 0 saturated heterocycles. The Hall–Kier alpha value is -0.920. The Morgan fingerprint density at radius 3 is 3.00 bits per heavy atom. The van der Waals surface area contributed by atoms with Gasteiger partial charge in [-0.2, -0.15) is 0 Å². The third kappa shape index (κ3) is 2.82. The monoisotopic (exact) mass is 295 g/mol.